The van der Waals surface area contributed by atoms with Gasteiger partial charge in [0.25, 0.3) is 0 Å². The molecule has 2 heterocycles. The number of rotatable bonds is 5. The third kappa shape index (κ3) is 4.34. The molecule has 0 bridgehead atoms. The maximum atomic E-state index is 5.75. The molecular weight excluding hydrogens is 252 g/mol. The topological polar surface area (TPSA) is 59.1 Å². The van der Waals surface area contributed by atoms with E-state index in [1.165, 1.54) is 0 Å². The molecule has 0 amide bonds. The lowest BCUT2D eigenvalue weighted by Gasteiger charge is -2.36. The number of nitrogens with zero attached hydrogens (tertiary/aromatic N) is 2. The zero-order valence-electron chi connectivity index (χ0n) is 13.0. The van der Waals surface area contributed by atoms with E-state index in [1.54, 1.807) is 0 Å². The number of aromatic nitrogens is 2. The Balaban J connectivity index is 2.03. The van der Waals surface area contributed by atoms with Crippen LogP contribution in [0.1, 0.15) is 45.7 Å². The first kappa shape index (κ1) is 15.0. The summed E-state index contributed by atoms with van der Waals surface area (Å²) in [5, 5.41) is 6.77. The van der Waals surface area contributed by atoms with Gasteiger partial charge in [0.2, 0.25) is 5.95 Å². The Morgan fingerprint density at radius 2 is 2.20 bits per heavy atom. The predicted octanol–water partition coefficient (Wildman–Crippen LogP) is 2.98. The minimum Gasteiger partial charge on any atom is -0.375 e. The van der Waals surface area contributed by atoms with E-state index in [0.29, 0.717) is 12.0 Å². The Kier molecular flexibility index (Phi) is 4.81. The van der Waals surface area contributed by atoms with Crippen molar-refractivity contribution in [2.24, 2.45) is 0 Å². The number of aryl methyl sites for hydroxylation is 1. The van der Waals surface area contributed by atoms with E-state index in [4.69, 9.17) is 4.74 Å². The second-order valence-electron chi connectivity index (χ2n) is 6.09. The van der Waals surface area contributed by atoms with Crippen molar-refractivity contribution in [2.45, 2.75) is 58.6 Å². The summed E-state index contributed by atoms with van der Waals surface area (Å²) in [6.07, 6.45) is 3.08. The van der Waals surface area contributed by atoms with Crippen LogP contribution in [0.25, 0.3) is 0 Å². The second kappa shape index (κ2) is 6.39. The van der Waals surface area contributed by atoms with Gasteiger partial charge in [-0.1, -0.05) is 6.92 Å². The summed E-state index contributed by atoms with van der Waals surface area (Å²) < 4.78 is 5.75. The Bertz CT molecular complexity index is 447. The highest BCUT2D eigenvalue weighted by atomic mass is 16.5. The van der Waals surface area contributed by atoms with Crippen LogP contribution in [-0.4, -0.2) is 34.8 Å². The van der Waals surface area contributed by atoms with Gasteiger partial charge in [0.15, 0.2) is 0 Å². The molecule has 0 radical (unpaired) electrons. The van der Waals surface area contributed by atoms with Crippen molar-refractivity contribution in [3.8, 4) is 0 Å². The molecule has 0 aromatic carbocycles. The van der Waals surface area contributed by atoms with E-state index in [0.717, 1.165) is 43.9 Å². The van der Waals surface area contributed by atoms with Crippen LogP contribution in [0.2, 0.25) is 0 Å². The van der Waals surface area contributed by atoms with E-state index < -0.39 is 0 Å². The van der Waals surface area contributed by atoms with E-state index in [1.807, 2.05) is 13.0 Å². The van der Waals surface area contributed by atoms with Crippen LogP contribution in [0.4, 0.5) is 11.8 Å². The summed E-state index contributed by atoms with van der Waals surface area (Å²) in [6.45, 7) is 10.1. The first-order valence-electron chi connectivity index (χ1n) is 7.48. The van der Waals surface area contributed by atoms with Crippen LogP contribution in [0.15, 0.2) is 6.07 Å². The molecule has 1 aliphatic heterocycles. The number of ether oxygens (including phenoxy) is 1. The van der Waals surface area contributed by atoms with Gasteiger partial charge in [-0.2, -0.15) is 4.98 Å². The summed E-state index contributed by atoms with van der Waals surface area (Å²) >= 11 is 0. The van der Waals surface area contributed by atoms with Gasteiger partial charge in [-0.05, 0) is 40.0 Å². The Labute approximate surface area is 121 Å². The minimum absolute atomic E-state index is 0.0543. The van der Waals surface area contributed by atoms with Crippen LogP contribution in [0.3, 0.4) is 0 Å². The van der Waals surface area contributed by atoms with Gasteiger partial charge in [0, 0.05) is 31.0 Å². The molecule has 1 atom stereocenters. The average molecular weight is 278 g/mol. The quantitative estimate of drug-likeness (QED) is 0.867. The van der Waals surface area contributed by atoms with Crippen molar-refractivity contribution in [3.63, 3.8) is 0 Å². The number of nitrogens with one attached hydrogen (secondary N) is 2. The number of anilines is 2. The molecule has 1 unspecified atom stereocenters. The standard InChI is InChI=1S/C15H26N4O/c1-5-7-16-14-17-11(2)9-13(19-14)18-12-6-8-20-15(3,4)10-12/h9,12H,5-8,10H2,1-4H3,(H2,16,17,18,19). The van der Waals surface area contributed by atoms with Crippen LogP contribution in [-0.2, 0) is 4.74 Å². The summed E-state index contributed by atoms with van der Waals surface area (Å²) in [5.41, 5.74) is 0.925. The summed E-state index contributed by atoms with van der Waals surface area (Å²) in [5.74, 6) is 1.61. The maximum absolute atomic E-state index is 5.75. The SMILES string of the molecule is CCCNc1nc(C)cc(NC2CCOC(C)(C)C2)n1. The molecule has 112 valence electrons. The van der Waals surface area contributed by atoms with Crippen molar-refractivity contribution in [3.05, 3.63) is 11.8 Å². The van der Waals surface area contributed by atoms with Gasteiger partial charge in [-0.25, -0.2) is 4.98 Å². The summed E-state index contributed by atoms with van der Waals surface area (Å²) in [6, 6.07) is 2.41. The molecule has 2 N–H and O–H groups in total. The zero-order chi connectivity index (χ0) is 14.6. The van der Waals surface area contributed by atoms with Crippen molar-refractivity contribution < 1.29 is 4.74 Å². The van der Waals surface area contributed by atoms with Crippen molar-refractivity contribution in [2.75, 3.05) is 23.8 Å². The van der Waals surface area contributed by atoms with Crippen molar-refractivity contribution >= 4 is 11.8 Å². The van der Waals surface area contributed by atoms with E-state index >= 15 is 0 Å². The Hall–Kier alpha value is -1.36. The zero-order valence-corrected chi connectivity index (χ0v) is 13.0. The van der Waals surface area contributed by atoms with Gasteiger partial charge in [0.1, 0.15) is 5.82 Å². The molecule has 1 saturated heterocycles. The highest BCUT2D eigenvalue weighted by molar-refractivity contribution is 5.43. The fourth-order valence-corrected chi connectivity index (χ4v) is 2.52. The van der Waals surface area contributed by atoms with Gasteiger partial charge < -0.3 is 15.4 Å². The van der Waals surface area contributed by atoms with Gasteiger partial charge >= 0.3 is 0 Å². The third-order valence-electron chi connectivity index (χ3n) is 3.44. The molecular formula is C15H26N4O. The largest absolute Gasteiger partial charge is 0.375 e. The van der Waals surface area contributed by atoms with Crippen LogP contribution >= 0.6 is 0 Å². The maximum Gasteiger partial charge on any atom is 0.224 e. The molecule has 1 aromatic rings. The molecule has 0 saturated carbocycles. The molecule has 5 heteroatoms. The fourth-order valence-electron chi connectivity index (χ4n) is 2.52. The van der Waals surface area contributed by atoms with Crippen LogP contribution in [0, 0.1) is 6.92 Å². The lowest BCUT2D eigenvalue weighted by molar-refractivity contribution is -0.0553. The van der Waals surface area contributed by atoms with E-state index in [2.05, 4.69) is 41.4 Å². The van der Waals surface area contributed by atoms with Crippen molar-refractivity contribution in [1.82, 2.24) is 9.97 Å². The summed E-state index contributed by atoms with van der Waals surface area (Å²) in [7, 11) is 0. The van der Waals surface area contributed by atoms with E-state index in [-0.39, 0.29) is 5.60 Å². The molecule has 1 aliphatic rings. The molecule has 2 rings (SSSR count). The Morgan fingerprint density at radius 1 is 1.40 bits per heavy atom. The van der Waals surface area contributed by atoms with Gasteiger partial charge in [0.05, 0.1) is 5.60 Å². The fraction of sp³-hybridized carbons (Fsp3) is 0.733. The lowest BCUT2D eigenvalue weighted by atomic mass is 9.94. The number of hydrogen-bond acceptors (Lipinski definition) is 5. The van der Waals surface area contributed by atoms with Gasteiger partial charge in [-0.3, -0.25) is 0 Å². The number of hydrogen-bond donors (Lipinski definition) is 2. The summed E-state index contributed by atoms with van der Waals surface area (Å²) in [4.78, 5) is 8.94. The van der Waals surface area contributed by atoms with E-state index in [9.17, 15) is 0 Å². The third-order valence-corrected chi connectivity index (χ3v) is 3.44. The average Bonchev–Trinajstić information content (AvgIpc) is 2.34. The highest BCUT2D eigenvalue weighted by Crippen LogP contribution is 2.26. The second-order valence-corrected chi connectivity index (χ2v) is 6.09. The lowest BCUT2D eigenvalue weighted by Crippen LogP contribution is -2.40. The first-order chi connectivity index (χ1) is 9.48. The van der Waals surface area contributed by atoms with Crippen molar-refractivity contribution in [1.29, 1.82) is 0 Å². The molecule has 20 heavy (non-hydrogen) atoms. The predicted molar refractivity (Wildman–Crippen MR) is 82.2 cm³/mol. The smallest absolute Gasteiger partial charge is 0.224 e. The van der Waals surface area contributed by atoms with Crippen LogP contribution < -0.4 is 10.6 Å². The van der Waals surface area contributed by atoms with Gasteiger partial charge in [-0.15, -0.1) is 0 Å². The normalized spacial score (nSPS) is 21.5. The monoisotopic (exact) mass is 278 g/mol. The molecule has 5 nitrogen and oxygen atoms in total. The molecule has 1 fully saturated rings. The minimum atomic E-state index is -0.0543. The molecule has 1 aromatic heterocycles. The van der Waals surface area contributed by atoms with Crippen LogP contribution in [0.5, 0.6) is 0 Å². The molecule has 0 spiro atoms. The highest BCUT2D eigenvalue weighted by Gasteiger charge is 2.28. The first-order valence-corrected chi connectivity index (χ1v) is 7.48. The molecule has 0 aliphatic carbocycles. The Morgan fingerprint density at radius 3 is 2.90 bits per heavy atom.